The average Bonchev–Trinajstić information content (AvgIpc) is 3.21. The maximum absolute atomic E-state index is 3.93. The highest BCUT2D eigenvalue weighted by Crippen LogP contribution is 2.40. The van der Waals surface area contributed by atoms with Gasteiger partial charge in [-0.25, -0.2) is 0 Å². The summed E-state index contributed by atoms with van der Waals surface area (Å²) in [6.45, 7) is 28.9. The van der Waals surface area contributed by atoms with Crippen LogP contribution in [-0.2, 0) is 0 Å². The van der Waals surface area contributed by atoms with Gasteiger partial charge in [0.15, 0.2) is 0 Å². The van der Waals surface area contributed by atoms with Gasteiger partial charge in [0.2, 0.25) is 0 Å². The van der Waals surface area contributed by atoms with Gasteiger partial charge < -0.3 is 0 Å². The molecule has 0 aromatic heterocycles. The highest BCUT2D eigenvalue weighted by atomic mass is 28.3. The summed E-state index contributed by atoms with van der Waals surface area (Å²) in [7, 11) is -6.85. The zero-order valence-corrected chi connectivity index (χ0v) is 44.6. The summed E-state index contributed by atoms with van der Waals surface area (Å²) in [6.07, 6.45) is 20.8. The fourth-order valence-electron chi connectivity index (χ4n) is 8.58. The van der Waals surface area contributed by atoms with Gasteiger partial charge >= 0.3 is 0 Å². The first-order valence-corrected chi connectivity index (χ1v) is 37.3. The van der Waals surface area contributed by atoms with Crippen LogP contribution in [0.2, 0.25) is 76.6 Å². The van der Waals surface area contributed by atoms with Crippen LogP contribution in [0.1, 0.15) is 153 Å². The minimum Gasteiger partial charge on any atom is -0.126 e. The van der Waals surface area contributed by atoms with E-state index in [1.54, 1.807) is 0 Å². The molecule has 0 amide bonds. The molecule has 0 fully saturated rings. The topological polar surface area (TPSA) is 0 Å². The standard InChI is InChI=1S/C56H82Si4/c1-13-17-21-25-37-57(5,6)41-33-47-45-48(34-42-58(7,8)38-26-22-18-14-2)52-31-32-54-50(36-44-60(11,12)40-28-24-20-16-4)46-49(53-30-29-51(47)55(52)56(53)54)35-43-59(9,10)39-27-23-19-15-3/h29-32,45-46H,13-28,37-40H2,1-12H3. The normalized spacial score (nSPS) is 12.1. The van der Waals surface area contributed by atoms with Gasteiger partial charge in [-0.05, 0) is 68.6 Å². The lowest BCUT2D eigenvalue weighted by Crippen LogP contribution is -2.23. The van der Waals surface area contributed by atoms with Gasteiger partial charge in [0.25, 0.3) is 0 Å². The summed E-state index contributed by atoms with van der Waals surface area (Å²) in [6, 6.07) is 19.2. The highest BCUT2D eigenvalue weighted by molar-refractivity contribution is 6.86. The monoisotopic (exact) mass is 867 g/mol. The molecule has 0 spiro atoms. The molecule has 0 atom stereocenters. The van der Waals surface area contributed by atoms with Gasteiger partial charge in [0, 0.05) is 22.3 Å². The number of unbranched alkanes of at least 4 members (excludes halogenated alkanes) is 12. The number of rotatable bonds is 20. The van der Waals surface area contributed by atoms with Crippen LogP contribution in [0.4, 0.5) is 0 Å². The molecule has 4 heteroatoms. The zero-order valence-electron chi connectivity index (χ0n) is 40.6. The summed E-state index contributed by atoms with van der Waals surface area (Å²) in [4.78, 5) is 0. The van der Waals surface area contributed by atoms with Crippen LogP contribution in [0.5, 0.6) is 0 Å². The summed E-state index contributed by atoms with van der Waals surface area (Å²) >= 11 is 0. The van der Waals surface area contributed by atoms with E-state index in [-0.39, 0.29) is 0 Å². The predicted molar refractivity (Wildman–Crippen MR) is 283 cm³/mol. The second-order valence-electron chi connectivity index (χ2n) is 20.8. The number of benzene rings is 4. The van der Waals surface area contributed by atoms with Crippen molar-refractivity contribution in [1.29, 1.82) is 0 Å². The Hall–Kier alpha value is -2.97. The molecule has 4 rings (SSSR count). The molecular formula is C56H82Si4. The molecule has 4 aromatic rings. The first-order chi connectivity index (χ1) is 28.6. The first kappa shape index (κ1) is 49.7. The summed E-state index contributed by atoms with van der Waals surface area (Å²) in [5, 5.41) is 7.65. The third kappa shape index (κ3) is 15.1. The van der Waals surface area contributed by atoms with Gasteiger partial charge in [-0.2, -0.15) is 0 Å². The molecule has 322 valence electrons. The van der Waals surface area contributed by atoms with Gasteiger partial charge in [-0.3, -0.25) is 0 Å². The van der Waals surface area contributed by atoms with Gasteiger partial charge in [-0.15, -0.1) is 22.2 Å². The zero-order chi connectivity index (χ0) is 43.8. The molecule has 0 aliphatic heterocycles. The SMILES string of the molecule is CCCCCC[Si](C)(C)C#Cc1cc(C#C[Si](C)(C)CCCCCC)c2ccc3c(C#C[Si](C)(C)CCCCCC)cc(C#C[Si](C)(C)CCCCCC)c4ccc1c2c43. The third-order valence-electron chi connectivity index (χ3n) is 12.7. The largest absolute Gasteiger partial charge is 0.132 e. The maximum atomic E-state index is 3.93. The van der Waals surface area contributed by atoms with E-state index >= 15 is 0 Å². The van der Waals surface area contributed by atoms with Crippen molar-refractivity contribution in [3.63, 3.8) is 0 Å². The van der Waals surface area contributed by atoms with Crippen molar-refractivity contribution in [2.75, 3.05) is 0 Å². The Bertz CT molecular complexity index is 1940. The van der Waals surface area contributed by atoms with E-state index in [9.17, 15) is 0 Å². The molecule has 4 aromatic carbocycles. The first-order valence-electron chi connectivity index (χ1n) is 24.5. The highest BCUT2D eigenvalue weighted by Gasteiger charge is 2.23. The number of hydrogen-bond acceptors (Lipinski definition) is 0. The van der Waals surface area contributed by atoms with Crippen molar-refractivity contribution in [3.8, 4) is 45.9 Å². The Balaban J connectivity index is 2.02. The number of hydrogen-bond donors (Lipinski definition) is 0. The lowest BCUT2D eigenvalue weighted by molar-refractivity contribution is 0.697. The van der Waals surface area contributed by atoms with Crippen molar-refractivity contribution in [2.45, 2.75) is 207 Å². The second kappa shape index (κ2) is 23.5. The van der Waals surface area contributed by atoms with Crippen LogP contribution in [-0.4, -0.2) is 32.3 Å². The van der Waals surface area contributed by atoms with Crippen LogP contribution < -0.4 is 0 Å². The summed E-state index contributed by atoms with van der Waals surface area (Å²) in [5.74, 6) is 15.4. The second-order valence-corrected chi connectivity index (χ2v) is 38.9. The molecular weight excluding hydrogens is 785 g/mol. The van der Waals surface area contributed by atoms with Crippen molar-refractivity contribution < 1.29 is 0 Å². The van der Waals surface area contributed by atoms with E-state index in [4.69, 9.17) is 0 Å². The molecule has 0 aliphatic carbocycles. The minimum absolute atomic E-state index is 1.14. The van der Waals surface area contributed by atoms with Crippen LogP contribution in [0.25, 0.3) is 32.3 Å². The molecule has 0 radical (unpaired) electrons. The summed E-state index contributed by atoms with van der Waals surface area (Å²) in [5.41, 5.74) is 20.3. The molecule has 0 heterocycles. The fraction of sp³-hybridized carbons (Fsp3) is 0.571. The third-order valence-corrected chi connectivity index (χ3v) is 22.3. The molecule has 0 saturated carbocycles. The molecule has 0 N–H and O–H groups in total. The van der Waals surface area contributed by atoms with Crippen molar-refractivity contribution in [3.05, 3.63) is 58.7 Å². The Morgan fingerprint density at radius 3 is 0.733 bits per heavy atom. The van der Waals surface area contributed by atoms with E-state index in [0.29, 0.717) is 0 Å². The molecule has 0 saturated heterocycles. The Morgan fingerprint density at radius 1 is 0.317 bits per heavy atom. The molecule has 0 nitrogen and oxygen atoms in total. The van der Waals surface area contributed by atoms with Gasteiger partial charge in [0.1, 0.15) is 32.3 Å². The molecule has 0 bridgehead atoms. The van der Waals surface area contributed by atoms with Gasteiger partial charge in [-0.1, -0.05) is 231 Å². The Kier molecular flexibility index (Phi) is 19.4. The van der Waals surface area contributed by atoms with Crippen LogP contribution in [0.15, 0.2) is 36.4 Å². The van der Waals surface area contributed by atoms with Crippen LogP contribution in [0, 0.1) is 45.9 Å². The lowest BCUT2D eigenvalue weighted by atomic mass is 9.86. The summed E-state index contributed by atoms with van der Waals surface area (Å²) < 4.78 is 0. The lowest BCUT2D eigenvalue weighted by Gasteiger charge is -2.18. The van der Waals surface area contributed by atoms with E-state index < -0.39 is 32.3 Å². The average molecular weight is 868 g/mol. The fourth-order valence-corrected chi connectivity index (χ4v) is 15.5. The predicted octanol–water partition coefficient (Wildman–Crippen LogP) is 17.3. The van der Waals surface area contributed by atoms with Crippen LogP contribution >= 0.6 is 0 Å². The maximum Gasteiger partial charge on any atom is 0.132 e. The van der Waals surface area contributed by atoms with E-state index in [1.165, 1.54) is 159 Å². The Labute approximate surface area is 374 Å². The molecule has 60 heavy (non-hydrogen) atoms. The van der Waals surface area contributed by atoms with Crippen LogP contribution in [0.3, 0.4) is 0 Å². The Morgan fingerprint density at radius 2 is 0.533 bits per heavy atom. The van der Waals surface area contributed by atoms with E-state index in [0.717, 1.165) is 22.3 Å². The quantitative estimate of drug-likeness (QED) is 0.0359. The van der Waals surface area contributed by atoms with E-state index in [1.807, 2.05) is 0 Å². The van der Waals surface area contributed by atoms with Crippen molar-refractivity contribution in [2.24, 2.45) is 0 Å². The van der Waals surface area contributed by atoms with Crippen molar-refractivity contribution in [1.82, 2.24) is 0 Å². The van der Waals surface area contributed by atoms with Crippen molar-refractivity contribution >= 4 is 64.6 Å². The molecule has 0 unspecified atom stereocenters. The van der Waals surface area contributed by atoms with Gasteiger partial charge in [0.05, 0.1) is 0 Å². The molecule has 0 aliphatic rings. The smallest absolute Gasteiger partial charge is 0.126 e. The van der Waals surface area contributed by atoms with E-state index in [2.05, 4.69) is 162 Å². The minimum atomic E-state index is -1.71.